The van der Waals surface area contributed by atoms with E-state index in [-0.39, 0.29) is 0 Å². The Hall–Kier alpha value is -1.02. The second kappa shape index (κ2) is 6.46. The van der Waals surface area contributed by atoms with Gasteiger partial charge in [-0.15, -0.1) is 0 Å². The molecule has 2 nitrogen and oxygen atoms in total. The van der Waals surface area contributed by atoms with Crippen LogP contribution in [0.15, 0.2) is 24.3 Å². The van der Waals surface area contributed by atoms with E-state index in [0.29, 0.717) is 0 Å². The largest absolute Gasteiger partial charge is 0.311 e. The number of aryl methyl sites for hydroxylation is 1. The summed E-state index contributed by atoms with van der Waals surface area (Å²) in [5.41, 5.74) is 2.38. The Morgan fingerprint density at radius 1 is 1.07 bits per heavy atom. The molecule has 0 saturated heterocycles. The van der Waals surface area contributed by atoms with E-state index in [1.165, 1.54) is 31.2 Å². The zero-order valence-corrected chi connectivity index (χ0v) is 9.87. The Kier molecular flexibility index (Phi) is 5.19. The predicted octanol–water partition coefficient (Wildman–Crippen LogP) is 3.26. The summed E-state index contributed by atoms with van der Waals surface area (Å²) in [6.45, 7) is 5.26. The molecule has 0 amide bonds. The molecule has 0 fully saturated rings. The van der Waals surface area contributed by atoms with Gasteiger partial charge in [0, 0.05) is 6.54 Å². The van der Waals surface area contributed by atoms with Crippen LogP contribution in [0.2, 0.25) is 0 Å². The van der Waals surface area contributed by atoms with E-state index in [0.717, 1.165) is 12.2 Å². The first-order chi connectivity index (χ1) is 7.24. The van der Waals surface area contributed by atoms with Crippen molar-refractivity contribution < 1.29 is 0 Å². The van der Waals surface area contributed by atoms with Gasteiger partial charge in [-0.3, -0.25) is 0 Å². The van der Waals surface area contributed by atoms with Crippen LogP contribution in [0.25, 0.3) is 0 Å². The summed E-state index contributed by atoms with van der Waals surface area (Å²) in [6, 6.07) is 8.35. The average molecular weight is 206 g/mol. The Labute approximate surface area is 93.1 Å². The molecule has 1 rings (SSSR count). The first-order valence-corrected chi connectivity index (χ1v) is 5.83. The lowest BCUT2D eigenvalue weighted by Gasteiger charge is -2.18. The van der Waals surface area contributed by atoms with Crippen molar-refractivity contribution in [2.45, 2.75) is 39.5 Å². The fraction of sp³-hybridized carbons (Fsp3) is 0.538. The number of nitrogens with two attached hydrogens (primary N) is 1. The molecular formula is C13H22N2. The highest BCUT2D eigenvalue weighted by atomic mass is 15.4. The quantitative estimate of drug-likeness (QED) is 0.440. The summed E-state index contributed by atoms with van der Waals surface area (Å²) in [5, 5.41) is 1.84. The monoisotopic (exact) mass is 206 g/mol. The van der Waals surface area contributed by atoms with Gasteiger partial charge in [-0.2, -0.15) is 0 Å². The summed E-state index contributed by atoms with van der Waals surface area (Å²) in [5.74, 6) is 5.96. The Morgan fingerprint density at radius 3 is 2.33 bits per heavy atom. The maximum atomic E-state index is 5.96. The molecule has 0 aliphatic rings. The SMILES string of the molecule is CCCCCCN(N)c1ccc(C)cc1. The van der Waals surface area contributed by atoms with E-state index >= 15 is 0 Å². The van der Waals surface area contributed by atoms with Crippen molar-refractivity contribution in [3.63, 3.8) is 0 Å². The smallest absolute Gasteiger partial charge is 0.0517 e. The van der Waals surface area contributed by atoms with Crippen LogP contribution in [0.3, 0.4) is 0 Å². The number of hydrogen-bond donors (Lipinski definition) is 1. The van der Waals surface area contributed by atoms with E-state index in [1.807, 2.05) is 5.01 Å². The van der Waals surface area contributed by atoms with Gasteiger partial charge >= 0.3 is 0 Å². The van der Waals surface area contributed by atoms with Crippen molar-refractivity contribution in [2.75, 3.05) is 11.6 Å². The van der Waals surface area contributed by atoms with Gasteiger partial charge in [0.05, 0.1) is 5.69 Å². The lowest BCUT2D eigenvalue weighted by Crippen LogP contribution is -2.31. The first-order valence-electron chi connectivity index (χ1n) is 5.83. The van der Waals surface area contributed by atoms with Gasteiger partial charge in [-0.05, 0) is 25.5 Å². The van der Waals surface area contributed by atoms with Crippen molar-refractivity contribution in [1.29, 1.82) is 0 Å². The molecule has 0 atom stereocenters. The van der Waals surface area contributed by atoms with E-state index in [9.17, 15) is 0 Å². The van der Waals surface area contributed by atoms with Crippen molar-refractivity contribution >= 4 is 5.69 Å². The van der Waals surface area contributed by atoms with Crippen LogP contribution < -0.4 is 10.9 Å². The van der Waals surface area contributed by atoms with Crippen molar-refractivity contribution in [1.82, 2.24) is 0 Å². The average Bonchev–Trinajstić information content (AvgIpc) is 2.25. The molecule has 0 heterocycles. The van der Waals surface area contributed by atoms with Crippen LogP contribution in [0.1, 0.15) is 38.2 Å². The second-order valence-electron chi connectivity index (χ2n) is 4.09. The van der Waals surface area contributed by atoms with E-state index in [4.69, 9.17) is 5.84 Å². The van der Waals surface area contributed by atoms with Gasteiger partial charge in [-0.25, -0.2) is 5.84 Å². The number of hydrogen-bond acceptors (Lipinski definition) is 2. The summed E-state index contributed by atoms with van der Waals surface area (Å²) < 4.78 is 0. The molecule has 2 N–H and O–H groups in total. The Balaban J connectivity index is 2.33. The van der Waals surface area contributed by atoms with Gasteiger partial charge in [-0.1, -0.05) is 43.9 Å². The normalized spacial score (nSPS) is 10.3. The molecule has 2 heteroatoms. The zero-order valence-electron chi connectivity index (χ0n) is 9.87. The van der Waals surface area contributed by atoms with Crippen LogP contribution in [0.5, 0.6) is 0 Å². The predicted molar refractivity (Wildman–Crippen MR) is 66.9 cm³/mol. The molecule has 0 bridgehead atoms. The first kappa shape index (κ1) is 12.1. The minimum Gasteiger partial charge on any atom is -0.311 e. The number of anilines is 1. The maximum Gasteiger partial charge on any atom is 0.0517 e. The fourth-order valence-electron chi connectivity index (χ4n) is 1.57. The fourth-order valence-corrected chi connectivity index (χ4v) is 1.57. The van der Waals surface area contributed by atoms with Crippen molar-refractivity contribution in [2.24, 2.45) is 5.84 Å². The highest BCUT2D eigenvalue weighted by Crippen LogP contribution is 2.12. The maximum absolute atomic E-state index is 5.96. The van der Waals surface area contributed by atoms with Gasteiger partial charge in [0.2, 0.25) is 0 Å². The number of nitrogens with zero attached hydrogens (tertiary/aromatic N) is 1. The minimum atomic E-state index is 0.947. The number of rotatable bonds is 6. The van der Waals surface area contributed by atoms with E-state index in [2.05, 4.69) is 38.1 Å². The number of unbranched alkanes of at least 4 members (excludes halogenated alkanes) is 3. The summed E-state index contributed by atoms with van der Waals surface area (Å²) in [4.78, 5) is 0. The summed E-state index contributed by atoms with van der Waals surface area (Å²) in [7, 11) is 0. The van der Waals surface area contributed by atoms with E-state index < -0.39 is 0 Å². The molecule has 1 aromatic rings. The van der Waals surface area contributed by atoms with Crippen molar-refractivity contribution in [3.8, 4) is 0 Å². The third-order valence-electron chi connectivity index (χ3n) is 2.62. The molecule has 15 heavy (non-hydrogen) atoms. The number of benzene rings is 1. The van der Waals surface area contributed by atoms with E-state index in [1.54, 1.807) is 0 Å². The Bertz CT molecular complexity index is 266. The lowest BCUT2D eigenvalue weighted by molar-refractivity contribution is 0.650. The Morgan fingerprint density at radius 2 is 1.73 bits per heavy atom. The second-order valence-corrected chi connectivity index (χ2v) is 4.09. The van der Waals surface area contributed by atoms with Crippen LogP contribution in [0.4, 0.5) is 5.69 Å². The third kappa shape index (κ3) is 4.34. The zero-order chi connectivity index (χ0) is 11.1. The van der Waals surface area contributed by atoms with Crippen LogP contribution in [-0.2, 0) is 0 Å². The van der Waals surface area contributed by atoms with Crippen molar-refractivity contribution in [3.05, 3.63) is 29.8 Å². The summed E-state index contributed by atoms with van der Waals surface area (Å²) >= 11 is 0. The van der Waals surface area contributed by atoms with Crippen LogP contribution >= 0.6 is 0 Å². The molecule has 0 saturated carbocycles. The highest BCUT2D eigenvalue weighted by molar-refractivity contribution is 5.45. The molecule has 84 valence electrons. The van der Waals surface area contributed by atoms with Crippen LogP contribution in [-0.4, -0.2) is 6.54 Å². The van der Waals surface area contributed by atoms with Gasteiger partial charge in [0.1, 0.15) is 0 Å². The standard InChI is InChI=1S/C13H22N2/c1-3-4-5-6-11-15(14)13-9-7-12(2)8-10-13/h7-10H,3-6,11,14H2,1-2H3. The molecule has 0 unspecified atom stereocenters. The molecule has 0 radical (unpaired) electrons. The molecular weight excluding hydrogens is 184 g/mol. The van der Waals surface area contributed by atoms with Gasteiger partial charge in [0.25, 0.3) is 0 Å². The van der Waals surface area contributed by atoms with Crippen LogP contribution in [0, 0.1) is 6.92 Å². The molecule has 1 aromatic carbocycles. The molecule has 0 spiro atoms. The molecule has 0 aliphatic carbocycles. The highest BCUT2D eigenvalue weighted by Gasteiger charge is 1.99. The third-order valence-corrected chi connectivity index (χ3v) is 2.62. The number of hydrazine groups is 1. The topological polar surface area (TPSA) is 29.3 Å². The lowest BCUT2D eigenvalue weighted by atomic mass is 10.2. The minimum absolute atomic E-state index is 0.947. The molecule has 0 aromatic heterocycles. The van der Waals surface area contributed by atoms with Gasteiger partial charge in [0.15, 0.2) is 0 Å². The summed E-state index contributed by atoms with van der Waals surface area (Å²) in [6.07, 6.45) is 5.03. The van der Waals surface area contributed by atoms with Gasteiger partial charge < -0.3 is 5.01 Å². The molecule has 0 aliphatic heterocycles.